The van der Waals surface area contributed by atoms with Crippen molar-refractivity contribution >= 4 is 12.2 Å². The first-order valence-electron chi connectivity index (χ1n) is 12.1. The van der Waals surface area contributed by atoms with Gasteiger partial charge in [0.2, 0.25) is 0 Å². The molecular weight excluding hydrogens is 428 g/mol. The normalized spacial score (nSPS) is 21.3. The minimum Gasteiger partial charge on any atom is -0.449 e. The summed E-state index contributed by atoms with van der Waals surface area (Å²) in [5.41, 5.74) is 2.17. The maximum atomic E-state index is 12.4. The summed E-state index contributed by atoms with van der Waals surface area (Å²) in [7, 11) is 0. The number of rotatable bonds is 9. The number of amides is 2. The van der Waals surface area contributed by atoms with Crippen LogP contribution in [0.25, 0.3) is 0 Å². The largest absolute Gasteiger partial charge is 0.449 e. The molecular formula is C28H38N2O4. The summed E-state index contributed by atoms with van der Waals surface area (Å²) in [6.07, 6.45) is 3.20. The molecule has 3 rings (SSSR count). The first-order valence-corrected chi connectivity index (χ1v) is 12.1. The van der Waals surface area contributed by atoms with Gasteiger partial charge in [-0.25, -0.2) is 9.59 Å². The molecule has 0 radical (unpaired) electrons. The summed E-state index contributed by atoms with van der Waals surface area (Å²) in [6.45, 7) is 7.77. The van der Waals surface area contributed by atoms with E-state index in [9.17, 15) is 9.59 Å². The maximum Gasteiger partial charge on any atom is 0.407 e. The maximum absolute atomic E-state index is 12.4. The predicted octanol–water partition coefficient (Wildman–Crippen LogP) is 5.51. The zero-order chi connectivity index (χ0) is 24.4. The molecule has 6 nitrogen and oxygen atoms in total. The van der Waals surface area contributed by atoms with Gasteiger partial charge in [-0.2, -0.15) is 0 Å². The van der Waals surface area contributed by atoms with Crippen LogP contribution in [-0.2, 0) is 22.3 Å². The van der Waals surface area contributed by atoms with Crippen molar-refractivity contribution in [3.8, 4) is 0 Å². The van der Waals surface area contributed by atoms with Crippen LogP contribution in [0.4, 0.5) is 9.59 Å². The van der Waals surface area contributed by atoms with E-state index >= 15 is 0 Å². The van der Waals surface area contributed by atoms with Gasteiger partial charge in [-0.05, 0) is 41.2 Å². The predicted molar refractivity (Wildman–Crippen MR) is 134 cm³/mol. The van der Waals surface area contributed by atoms with Gasteiger partial charge in [-0.3, -0.25) is 0 Å². The van der Waals surface area contributed by atoms with E-state index in [0.717, 1.165) is 30.4 Å². The molecule has 1 fully saturated rings. The topological polar surface area (TPSA) is 76.7 Å². The van der Waals surface area contributed by atoms with Crippen LogP contribution in [0.3, 0.4) is 0 Å². The molecule has 0 heterocycles. The molecule has 1 aliphatic rings. The molecule has 2 N–H and O–H groups in total. The van der Waals surface area contributed by atoms with Crippen LogP contribution in [0.1, 0.15) is 51.2 Å². The smallest absolute Gasteiger partial charge is 0.407 e. The highest BCUT2D eigenvalue weighted by atomic mass is 16.6. The lowest BCUT2D eigenvalue weighted by atomic mass is 9.62. The zero-order valence-corrected chi connectivity index (χ0v) is 20.6. The van der Waals surface area contributed by atoms with Gasteiger partial charge in [0.25, 0.3) is 0 Å². The van der Waals surface area contributed by atoms with Gasteiger partial charge in [-0.15, -0.1) is 0 Å². The van der Waals surface area contributed by atoms with Crippen molar-refractivity contribution in [1.29, 1.82) is 0 Å². The van der Waals surface area contributed by atoms with Crippen molar-refractivity contribution < 1.29 is 19.1 Å². The number of alkyl carbamates (subject to hydrolysis) is 2. The Morgan fingerprint density at radius 2 is 1.35 bits per heavy atom. The summed E-state index contributed by atoms with van der Waals surface area (Å²) in [5.74, 6) is 0. The fourth-order valence-corrected chi connectivity index (χ4v) is 5.23. The van der Waals surface area contributed by atoms with Gasteiger partial charge in [0, 0.05) is 25.4 Å². The highest BCUT2D eigenvalue weighted by Crippen LogP contribution is 2.45. The van der Waals surface area contributed by atoms with Gasteiger partial charge in [0.05, 0.1) is 13.2 Å². The van der Waals surface area contributed by atoms with Gasteiger partial charge < -0.3 is 20.1 Å². The lowest BCUT2D eigenvalue weighted by Gasteiger charge is -2.46. The Morgan fingerprint density at radius 1 is 0.824 bits per heavy atom. The Bertz CT molecular complexity index is 917. The molecule has 0 spiro atoms. The van der Waals surface area contributed by atoms with E-state index in [0.29, 0.717) is 32.6 Å². The van der Waals surface area contributed by atoms with Crippen molar-refractivity contribution in [2.24, 2.45) is 10.8 Å². The van der Waals surface area contributed by atoms with Crippen molar-refractivity contribution in [3.05, 3.63) is 71.8 Å². The second kappa shape index (κ2) is 11.9. The van der Waals surface area contributed by atoms with Crippen molar-refractivity contribution in [1.82, 2.24) is 10.6 Å². The Morgan fingerprint density at radius 3 is 1.91 bits per heavy atom. The van der Waals surface area contributed by atoms with Crippen LogP contribution < -0.4 is 10.6 Å². The highest BCUT2D eigenvalue weighted by Gasteiger charge is 2.42. The Kier molecular flexibility index (Phi) is 8.97. The van der Waals surface area contributed by atoms with Crippen molar-refractivity contribution in [2.45, 2.75) is 58.9 Å². The lowest BCUT2D eigenvalue weighted by Crippen LogP contribution is -2.50. The molecule has 34 heavy (non-hydrogen) atoms. The Balaban J connectivity index is 1.42. The summed E-state index contributed by atoms with van der Waals surface area (Å²) in [4.78, 5) is 24.7. The average molecular weight is 467 g/mol. The molecule has 184 valence electrons. The molecule has 2 unspecified atom stereocenters. The van der Waals surface area contributed by atoms with Crippen LogP contribution in [0.2, 0.25) is 0 Å². The van der Waals surface area contributed by atoms with Gasteiger partial charge in [0.1, 0.15) is 0 Å². The number of hydrogen-bond acceptors (Lipinski definition) is 4. The fraction of sp³-hybridized carbons (Fsp3) is 0.500. The molecule has 2 amide bonds. The van der Waals surface area contributed by atoms with Crippen molar-refractivity contribution in [3.63, 3.8) is 0 Å². The van der Waals surface area contributed by atoms with E-state index in [4.69, 9.17) is 9.47 Å². The number of ether oxygens (including phenoxy) is 2. The summed E-state index contributed by atoms with van der Waals surface area (Å²) in [6, 6.07) is 19.9. The average Bonchev–Trinajstić information content (AvgIpc) is 2.78. The lowest BCUT2D eigenvalue weighted by molar-refractivity contribution is 0.0626. The second-order valence-electron chi connectivity index (χ2n) is 10.5. The second-order valence-corrected chi connectivity index (χ2v) is 10.5. The first kappa shape index (κ1) is 25.6. The molecule has 2 aromatic carbocycles. The third-order valence-electron chi connectivity index (χ3n) is 6.36. The third-order valence-corrected chi connectivity index (χ3v) is 6.36. The van der Waals surface area contributed by atoms with Gasteiger partial charge >= 0.3 is 12.2 Å². The quantitative estimate of drug-likeness (QED) is 0.511. The number of nitrogens with one attached hydrogen (secondary N) is 2. The summed E-state index contributed by atoms with van der Waals surface area (Å²) >= 11 is 0. The Labute approximate surface area is 203 Å². The first-order chi connectivity index (χ1) is 16.2. The summed E-state index contributed by atoms with van der Waals surface area (Å²) in [5, 5.41) is 5.99. The van der Waals surface area contributed by atoms with Crippen LogP contribution >= 0.6 is 0 Å². The summed E-state index contributed by atoms with van der Waals surface area (Å²) < 4.78 is 10.8. The molecule has 0 bridgehead atoms. The van der Waals surface area contributed by atoms with E-state index in [1.165, 1.54) is 0 Å². The Hall–Kier alpha value is -3.02. The molecule has 6 heteroatoms. The zero-order valence-electron chi connectivity index (χ0n) is 20.6. The van der Waals surface area contributed by atoms with Crippen LogP contribution in [-0.4, -0.2) is 38.0 Å². The standard InChI is InChI=1S/C28H38N2O4/c1-27(2)18-24(30-26(32)34-17-15-23-12-8-5-9-13-23)19-28(3,20-27)21-29-25(31)33-16-14-22-10-6-4-7-11-22/h4-13,24H,14-21H2,1-3H3,(H,29,31)(H,30,32). The van der Waals surface area contributed by atoms with Crippen LogP contribution in [0.15, 0.2) is 60.7 Å². The van der Waals surface area contributed by atoms with Crippen molar-refractivity contribution in [2.75, 3.05) is 19.8 Å². The molecule has 1 saturated carbocycles. The number of hydrogen-bond donors (Lipinski definition) is 2. The van der Waals surface area contributed by atoms with Gasteiger partial charge in [0.15, 0.2) is 0 Å². The molecule has 2 aromatic rings. The van der Waals surface area contributed by atoms with Crippen LogP contribution in [0, 0.1) is 10.8 Å². The van der Waals surface area contributed by atoms with E-state index < -0.39 is 6.09 Å². The number of benzene rings is 2. The van der Waals surface area contributed by atoms with E-state index in [2.05, 4.69) is 31.4 Å². The third kappa shape index (κ3) is 8.73. The number of carbonyl (C=O) groups is 2. The monoisotopic (exact) mass is 466 g/mol. The number of carbonyl (C=O) groups excluding carboxylic acids is 2. The molecule has 0 aromatic heterocycles. The van der Waals surface area contributed by atoms with Crippen LogP contribution in [0.5, 0.6) is 0 Å². The molecule has 0 saturated heterocycles. The SMILES string of the molecule is CC1(C)CC(NC(=O)OCCc2ccccc2)CC(C)(CNC(=O)OCCc2ccccc2)C1. The molecule has 2 atom stereocenters. The minimum absolute atomic E-state index is 0.00567. The van der Waals surface area contributed by atoms with Gasteiger partial charge in [-0.1, -0.05) is 81.4 Å². The fourth-order valence-electron chi connectivity index (χ4n) is 5.23. The van der Waals surface area contributed by atoms with E-state index in [1.807, 2.05) is 60.7 Å². The van der Waals surface area contributed by atoms with E-state index in [-0.39, 0.29) is 23.0 Å². The minimum atomic E-state index is -0.398. The van der Waals surface area contributed by atoms with E-state index in [1.54, 1.807) is 0 Å². The highest BCUT2D eigenvalue weighted by molar-refractivity contribution is 5.68. The molecule has 0 aliphatic heterocycles. The molecule has 1 aliphatic carbocycles.